The molecule has 1 heterocycles. The smallest absolute Gasteiger partial charge is 0.233 e. The average molecular weight is 410 g/mol. The number of amides is 1. The summed E-state index contributed by atoms with van der Waals surface area (Å²) in [4.78, 5) is 12.7. The van der Waals surface area contributed by atoms with Crippen molar-refractivity contribution in [3.63, 3.8) is 0 Å². The molecule has 6 nitrogen and oxygen atoms in total. The first-order valence-electron chi connectivity index (χ1n) is 9.85. The van der Waals surface area contributed by atoms with E-state index in [1.165, 1.54) is 17.3 Å². The fourth-order valence-electron chi connectivity index (χ4n) is 3.15. The summed E-state index contributed by atoms with van der Waals surface area (Å²) >= 11 is 1.36. The summed E-state index contributed by atoms with van der Waals surface area (Å²) in [6.07, 6.45) is 0.969. The molecule has 3 rings (SSSR count). The molecule has 0 aliphatic rings. The molecule has 0 spiro atoms. The number of rotatable bonds is 8. The van der Waals surface area contributed by atoms with E-state index in [-0.39, 0.29) is 11.2 Å². The van der Waals surface area contributed by atoms with Crippen LogP contribution in [0.4, 0.5) is 0 Å². The average Bonchev–Trinajstić information content (AvgIpc) is 3.18. The third-order valence-corrected chi connectivity index (χ3v) is 6.00. The second-order valence-electron chi connectivity index (χ2n) is 7.18. The summed E-state index contributed by atoms with van der Waals surface area (Å²) in [5.41, 5.74) is 4.39. The number of hydrogen-bond acceptors (Lipinski definition) is 5. The van der Waals surface area contributed by atoms with Gasteiger partial charge in [0.05, 0.1) is 10.9 Å². The maximum atomic E-state index is 12.7. The molecule has 0 fully saturated rings. The van der Waals surface area contributed by atoms with E-state index in [4.69, 9.17) is 0 Å². The maximum absolute atomic E-state index is 12.7. The second kappa shape index (κ2) is 9.69. The van der Waals surface area contributed by atoms with E-state index in [1.807, 2.05) is 51.1 Å². The quantitative estimate of drug-likeness (QED) is 0.568. The van der Waals surface area contributed by atoms with Gasteiger partial charge in [0.2, 0.25) is 11.1 Å². The minimum Gasteiger partial charge on any atom is -0.355 e. The Labute approximate surface area is 176 Å². The number of carbonyl (C=O) groups excluding carboxylic acids is 1. The molecule has 29 heavy (non-hydrogen) atoms. The number of benzene rings is 2. The van der Waals surface area contributed by atoms with Crippen LogP contribution in [0.2, 0.25) is 0 Å². The highest BCUT2D eigenvalue weighted by Gasteiger charge is 2.21. The molecule has 7 heteroatoms. The van der Waals surface area contributed by atoms with Gasteiger partial charge in [-0.3, -0.25) is 4.79 Å². The number of carbonyl (C=O) groups is 1. The van der Waals surface area contributed by atoms with Crippen molar-refractivity contribution < 1.29 is 4.79 Å². The van der Waals surface area contributed by atoms with Gasteiger partial charge >= 0.3 is 0 Å². The summed E-state index contributed by atoms with van der Waals surface area (Å²) in [5.74, 6) is 0.289. The van der Waals surface area contributed by atoms with E-state index < -0.39 is 0 Å². The minimum absolute atomic E-state index is 0.0140. The lowest BCUT2D eigenvalue weighted by Gasteiger charge is -2.18. The summed E-state index contributed by atoms with van der Waals surface area (Å²) in [7, 11) is 0. The lowest BCUT2D eigenvalue weighted by molar-refractivity contribution is -0.120. The Morgan fingerprint density at radius 2 is 1.93 bits per heavy atom. The monoisotopic (exact) mass is 409 g/mol. The molecule has 2 atom stereocenters. The highest BCUT2D eigenvalue weighted by molar-refractivity contribution is 8.00. The number of aryl methyl sites for hydroxylation is 2. The molecule has 0 aliphatic carbocycles. The van der Waals surface area contributed by atoms with Crippen LogP contribution in [0.25, 0.3) is 5.69 Å². The predicted octanol–water partition coefficient (Wildman–Crippen LogP) is 4.07. The zero-order chi connectivity index (χ0) is 20.8. The van der Waals surface area contributed by atoms with E-state index in [9.17, 15) is 4.79 Å². The van der Waals surface area contributed by atoms with Crippen molar-refractivity contribution in [2.45, 2.75) is 50.4 Å². The van der Waals surface area contributed by atoms with E-state index >= 15 is 0 Å². The van der Waals surface area contributed by atoms with Gasteiger partial charge in [-0.25, -0.2) is 0 Å². The molecular weight excluding hydrogens is 382 g/mol. The van der Waals surface area contributed by atoms with Crippen LogP contribution in [-0.2, 0) is 4.79 Å². The van der Waals surface area contributed by atoms with E-state index in [0.717, 1.165) is 23.2 Å². The van der Waals surface area contributed by atoms with Gasteiger partial charge in [-0.15, -0.1) is 5.10 Å². The number of tetrazole rings is 1. The maximum Gasteiger partial charge on any atom is 0.233 e. The normalized spacial score (nSPS) is 13.1. The van der Waals surface area contributed by atoms with Gasteiger partial charge < -0.3 is 5.32 Å². The van der Waals surface area contributed by atoms with Crippen molar-refractivity contribution in [2.75, 3.05) is 6.54 Å². The van der Waals surface area contributed by atoms with Crippen molar-refractivity contribution in [3.8, 4) is 5.69 Å². The fourth-order valence-corrected chi connectivity index (χ4v) is 3.98. The minimum atomic E-state index is -0.307. The standard InChI is InChI=1S/C22H27N5OS/c1-5-18(19-9-7-6-8-10-19)14-23-21(28)17(4)29-22-24-25-26-27(22)20-13-15(2)11-12-16(20)3/h6-13,17-18H,5,14H2,1-4H3,(H,23,28)/t17-,18-/m1/s1. The van der Waals surface area contributed by atoms with Crippen LogP contribution in [0, 0.1) is 13.8 Å². The summed E-state index contributed by atoms with van der Waals surface area (Å²) in [5, 5.41) is 15.5. The lowest BCUT2D eigenvalue weighted by atomic mass is 9.96. The first-order valence-corrected chi connectivity index (χ1v) is 10.7. The van der Waals surface area contributed by atoms with Crippen LogP contribution in [0.3, 0.4) is 0 Å². The van der Waals surface area contributed by atoms with Gasteiger partial charge in [0.1, 0.15) is 0 Å². The van der Waals surface area contributed by atoms with Gasteiger partial charge in [0.25, 0.3) is 0 Å². The number of nitrogens with zero attached hydrogens (tertiary/aromatic N) is 4. The summed E-state index contributed by atoms with van der Waals surface area (Å²) in [6.45, 7) is 8.70. The van der Waals surface area contributed by atoms with Crippen molar-refractivity contribution in [3.05, 3.63) is 65.2 Å². The molecule has 2 aromatic carbocycles. The molecule has 0 saturated heterocycles. The van der Waals surface area contributed by atoms with E-state index in [0.29, 0.717) is 17.6 Å². The molecule has 3 aromatic rings. The summed E-state index contributed by atoms with van der Waals surface area (Å²) in [6, 6.07) is 16.4. The Kier molecular flexibility index (Phi) is 7.04. The molecule has 0 radical (unpaired) electrons. The van der Waals surface area contributed by atoms with Crippen molar-refractivity contribution >= 4 is 17.7 Å². The highest BCUT2D eigenvalue weighted by atomic mass is 32.2. The van der Waals surface area contributed by atoms with E-state index in [2.05, 4.69) is 46.0 Å². The van der Waals surface area contributed by atoms with Crippen LogP contribution in [-0.4, -0.2) is 37.9 Å². The van der Waals surface area contributed by atoms with Gasteiger partial charge in [0, 0.05) is 12.5 Å². The van der Waals surface area contributed by atoms with Gasteiger partial charge in [-0.05, 0) is 60.4 Å². The van der Waals surface area contributed by atoms with Crippen LogP contribution in [0.1, 0.15) is 42.9 Å². The van der Waals surface area contributed by atoms with Crippen molar-refractivity contribution in [1.82, 2.24) is 25.5 Å². The van der Waals surface area contributed by atoms with Crippen LogP contribution < -0.4 is 5.32 Å². The molecule has 1 amide bonds. The number of nitrogens with one attached hydrogen (secondary N) is 1. The Bertz CT molecular complexity index is 957. The predicted molar refractivity (Wildman–Crippen MR) is 116 cm³/mol. The van der Waals surface area contributed by atoms with Crippen molar-refractivity contribution in [1.29, 1.82) is 0 Å². The van der Waals surface area contributed by atoms with Crippen molar-refractivity contribution in [2.24, 2.45) is 0 Å². The molecular formula is C22H27N5OS. The zero-order valence-corrected chi connectivity index (χ0v) is 18.1. The third-order valence-electron chi connectivity index (χ3n) is 4.97. The SMILES string of the molecule is CC[C@H](CNC(=O)[C@@H](C)Sc1nnnn1-c1cc(C)ccc1C)c1ccccc1. The van der Waals surface area contributed by atoms with Crippen LogP contribution in [0.15, 0.2) is 53.7 Å². The molecule has 152 valence electrons. The summed E-state index contributed by atoms with van der Waals surface area (Å²) < 4.78 is 1.70. The number of hydrogen-bond donors (Lipinski definition) is 1. The Balaban J connectivity index is 1.65. The largest absolute Gasteiger partial charge is 0.355 e. The highest BCUT2D eigenvalue weighted by Crippen LogP contribution is 2.25. The zero-order valence-electron chi connectivity index (χ0n) is 17.3. The van der Waals surface area contributed by atoms with Gasteiger partial charge in [-0.1, -0.05) is 61.2 Å². The fraction of sp³-hybridized carbons (Fsp3) is 0.364. The number of thioether (sulfide) groups is 1. The number of aromatic nitrogens is 4. The second-order valence-corrected chi connectivity index (χ2v) is 8.49. The molecule has 0 aliphatic heterocycles. The molecule has 0 unspecified atom stereocenters. The molecule has 0 saturated carbocycles. The van der Waals surface area contributed by atoms with Crippen LogP contribution in [0.5, 0.6) is 0 Å². The first kappa shape index (κ1) is 21.0. The molecule has 1 aromatic heterocycles. The molecule has 0 bridgehead atoms. The van der Waals surface area contributed by atoms with Crippen LogP contribution >= 0.6 is 11.8 Å². The van der Waals surface area contributed by atoms with Gasteiger partial charge in [-0.2, -0.15) is 4.68 Å². The van der Waals surface area contributed by atoms with Gasteiger partial charge in [0.15, 0.2) is 0 Å². The Morgan fingerprint density at radius 1 is 1.17 bits per heavy atom. The lowest BCUT2D eigenvalue weighted by Crippen LogP contribution is -2.34. The molecule has 1 N–H and O–H groups in total. The topological polar surface area (TPSA) is 72.7 Å². The van der Waals surface area contributed by atoms with E-state index in [1.54, 1.807) is 4.68 Å². The third kappa shape index (κ3) is 5.23. The first-order chi connectivity index (χ1) is 14.0. The Morgan fingerprint density at radius 3 is 2.66 bits per heavy atom. The Hall–Kier alpha value is -2.67.